The zero-order valence-corrected chi connectivity index (χ0v) is 44.1. The van der Waals surface area contributed by atoms with Gasteiger partial charge in [0.05, 0.1) is 40.3 Å². The number of unbranched alkanes of at least 4 members (excludes halogenated alkanes) is 31. The van der Waals surface area contributed by atoms with Crippen molar-refractivity contribution in [2.24, 2.45) is 0 Å². The molecular weight excluding hydrogens is 823 g/mol. The molecule has 0 saturated carbocycles. The van der Waals surface area contributed by atoms with Crippen LogP contribution in [-0.2, 0) is 28.6 Å². The number of carboxylic acids is 1. The third kappa shape index (κ3) is 46.7. The molecule has 0 aliphatic carbocycles. The van der Waals surface area contributed by atoms with Crippen LogP contribution >= 0.6 is 0 Å². The summed E-state index contributed by atoms with van der Waals surface area (Å²) in [6.45, 7) is 4.60. The lowest BCUT2D eigenvalue weighted by molar-refractivity contribution is -0.889. The number of esters is 2. The summed E-state index contributed by atoms with van der Waals surface area (Å²) in [6.07, 6.45) is 59.0. The van der Waals surface area contributed by atoms with E-state index >= 15 is 0 Å². The standard InChI is InChI=1S/C58H107NO7/c1-6-8-10-12-14-16-18-20-22-24-26-27-28-29-31-33-35-37-39-41-43-45-47-49-57(61)66-54(52-64-51-50-55(58(62)63)59(3,4)5)53-65-56(60)48-46-44-42-40-38-36-34-32-30-25-23-21-19-17-15-13-11-9-7-2/h9,11,15,17,21,23,54-55H,6-8,10,12-14,16,18-20,22,24-53H2,1-5H3/b11-9+,17-15+,23-21+. The molecule has 2 atom stereocenters. The second-order valence-electron chi connectivity index (χ2n) is 20.2. The van der Waals surface area contributed by atoms with Crippen LogP contribution in [0.3, 0.4) is 0 Å². The number of nitrogens with zero attached hydrogens (tertiary/aromatic N) is 1. The second-order valence-corrected chi connectivity index (χ2v) is 20.2. The van der Waals surface area contributed by atoms with E-state index in [1.165, 1.54) is 167 Å². The Hall–Kier alpha value is -2.45. The number of ether oxygens (including phenoxy) is 3. The van der Waals surface area contributed by atoms with Crippen LogP contribution < -0.4 is 5.11 Å². The van der Waals surface area contributed by atoms with Gasteiger partial charge in [0.25, 0.3) is 0 Å². The van der Waals surface area contributed by atoms with Gasteiger partial charge >= 0.3 is 11.9 Å². The van der Waals surface area contributed by atoms with E-state index in [-0.39, 0.29) is 42.7 Å². The molecule has 2 unspecified atom stereocenters. The zero-order valence-electron chi connectivity index (χ0n) is 44.1. The van der Waals surface area contributed by atoms with Crippen molar-refractivity contribution in [1.29, 1.82) is 0 Å². The fourth-order valence-electron chi connectivity index (χ4n) is 8.50. The predicted octanol–water partition coefficient (Wildman–Crippen LogP) is 15.2. The minimum atomic E-state index is -1.12. The maximum atomic E-state index is 12.8. The van der Waals surface area contributed by atoms with Gasteiger partial charge in [0, 0.05) is 19.3 Å². The van der Waals surface area contributed by atoms with Gasteiger partial charge in [-0.05, 0) is 44.9 Å². The van der Waals surface area contributed by atoms with Gasteiger partial charge < -0.3 is 28.6 Å². The van der Waals surface area contributed by atoms with Crippen molar-refractivity contribution < 1.29 is 38.2 Å². The highest BCUT2D eigenvalue weighted by Gasteiger charge is 2.25. The van der Waals surface area contributed by atoms with Gasteiger partial charge in [-0.2, -0.15) is 0 Å². The van der Waals surface area contributed by atoms with Gasteiger partial charge in [-0.3, -0.25) is 9.59 Å². The van der Waals surface area contributed by atoms with Gasteiger partial charge in [-0.1, -0.05) is 237 Å². The lowest BCUT2D eigenvalue weighted by atomic mass is 10.0. The number of hydrogen-bond acceptors (Lipinski definition) is 7. The molecule has 0 aromatic carbocycles. The van der Waals surface area contributed by atoms with Crippen LogP contribution in [0.25, 0.3) is 0 Å². The van der Waals surface area contributed by atoms with E-state index in [0.717, 1.165) is 64.2 Å². The minimum Gasteiger partial charge on any atom is -0.544 e. The summed E-state index contributed by atoms with van der Waals surface area (Å²) in [4.78, 5) is 37.1. The summed E-state index contributed by atoms with van der Waals surface area (Å²) in [5, 5.41) is 11.7. The summed E-state index contributed by atoms with van der Waals surface area (Å²) in [7, 11) is 5.43. The van der Waals surface area contributed by atoms with Crippen molar-refractivity contribution in [2.45, 2.75) is 276 Å². The van der Waals surface area contributed by atoms with Crippen molar-refractivity contribution in [3.05, 3.63) is 36.5 Å². The Morgan fingerprint density at radius 1 is 0.470 bits per heavy atom. The molecule has 0 aliphatic heterocycles. The van der Waals surface area contributed by atoms with Crippen LogP contribution in [0.2, 0.25) is 0 Å². The number of carbonyl (C=O) groups excluding carboxylic acids is 3. The number of quaternary nitrogens is 1. The second kappa shape index (κ2) is 49.0. The van der Waals surface area contributed by atoms with Gasteiger partial charge in [0.15, 0.2) is 6.10 Å². The zero-order chi connectivity index (χ0) is 48.4. The number of allylic oxidation sites excluding steroid dienone is 6. The first-order valence-corrected chi connectivity index (χ1v) is 28.0. The number of carboxylic acid groups (broad SMARTS) is 1. The van der Waals surface area contributed by atoms with Crippen molar-refractivity contribution >= 4 is 17.9 Å². The Morgan fingerprint density at radius 2 is 0.848 bits per heavy atom. The van der Waals surface area contributed by atoms with Crippen molar-refractivity contribution in [1.82, 2.24) is 0 Å². The molecule has 0 N–H and O–H groups in total. The summed E-state index contributed by atoms with van der Waals surface area (Å²) in [5.74, 6) is -1.72. The molecule has 0 bridgehead atoms. The highest BCUT2D eigenvalue weighted by molar-refractivity contribution is 5.70. The molecule has 0 aromatic rings. The topological polar surface area (TPSA) is 102 Å². The lowest BCUT2D eigenvalue weighted by Crippen LogP contribution is -2.55. The van der Waals surface area contributed by atoms with Crippen LogP contribution in [0.15, 0.2) is 36.5 Å². The minimum absolute atomic E-state index is 0.0427. The average molecular weight is 930 g/mol. The summed E-state index contributed by atoms with van der Waals surface area (Å²) in [5.41, 5.74) is 0. The van der Waals surface area contributed by atoms with E-state index in [1.807, 2.05) is 21.1 Å². The van der Waals surface area contributed by atoms with E-state index in [1.54, 1.807) is 0 Å². The number of hydrogen-bond donors (Lipinski definition) is 0. The summed E-state index contributed by atoms with van der Waals surface area (Å²) >= 11 is 0. The van der Waals surface area contributed by atoms with E-state index in [4.69, 9.17) is 14.2 Å². The molecule has 0 radical (unpaired) electrons. The van der Waals surface area contributed by atoms with Crippen LogP contribution in [0.5, 0.6) is 0 Å². The first kappa shape index (κ1) is 63.5. The normalized spacial score (nSPS) is 13.0. The van der Waals surface area contributed by atoms with Crippen molar-refractivity contribution in [3.63, 3.8) is 0 Å². The molecule has 0 aromatic heterocycles. The average Bonchev–Trinajstić information content (AvgIpc) is 3.28. The SMILES string of the molecule is CC/C=C/C/C=C/C/C=C/CCCCCCCCCCCC(=O)OCC(COCCC(C(=O)[O-])[N+](C)(C)C)OC(=O)CCCCCCCCCCCCCCCCCCCCCCCCC. The molecule has 0 rings (SSSR count). The smallest absolute Gasteiger partial charge is 0.306 e. The van der Waals surface area contributed by atoms with Gasteiger partial charge in [0.2, 0.25) is 0 Å². The Kier molecular flexibility index (Phi) is 47.2. The number of carbonyl (C=O) groups is 3. The number of rotatable bonds is 51. The molecule has 8 nitrogen and oxygen atoms in total. The fourth-order valence-corrected chi connectivity index (χ4v) is 8.50. The van der Waals surface area contributed by atoms with E-state index in [9.17, 15) is 19.5 Å². The molecule has 66 heavy (non-hydrogen) atoms. The molecule has 386 valence electrons. The first-order chi connectivity index (χ1) is 32.1. The Balaban J connectivity index is 4.15. The monoisotopic (exact) mass is 930 g/mol. The van der Waals surface area contributed by atoms with Crippen LogP contribution in [0.1, 0.15) is 264 Å². The molecule has 8 heteroatoms. The fraction of sp³-hybridized carbons (Fsp3) is 0.845. The third-order valence-corrected chi connectivity index (χ3v) is 12.8. The third-order valence-electron chi connectivity index (χ3n) is 12.8. The molecule has 0 aliphatic rings. The highest BCUT2D eigenvalue weighted by atomic mass is 16.6. The number of aliphatic carboxylic acids is 1. The lowest BCUT2D eigenvalue weighted by Gasteiger charge is -2.34. The molecule has 0 fully saturated rings. The van der Waals surface area contributed by atoms with Crippen molar-refractivity contribution in [3.8, 4) is 0 Å². The maximum absolute atomic E-state index is 12.8. The summed E-state index contributed by atoms with van der Waals surface area (Å²) in [6, 6.07) is -0.726. The molecule has 0 spiro atoms. The first-order valence-electron chi connectivity index (χ1n) is 28.0. The molecule has 0 amide bonds. The van der Waals surface area contributed by atoms with Crippen LogP contribution in [-0.4, -0.2) is 75.5 Å². The summed E-state index contributed by atoms with van der Waals surface area (Å²) < 4.78 is 17.3. The molecule has 0 heterocycles. The predicted molar refractivity (Wildman–Crippen MR) is 277 cm³/mol. The Labute approximate surface area is 408 Å². The van der Waals surface area contributed by atoms with Crippen LogP contribution in [0.4, 0.5) is 0 Å². The van der Waals surface area contributed by atoms with E-state index in [0.29, 0.717) is 12.8 Å². The van der Waals surface area contributed by atoms with E-state index < -0.39 is 18.1 Å². The molecular formula is C58H107NO7. The van der Waals surface area contributed by atoms with Crippen LogP contribution in [0, 0.1) is 0 Å². The highest BCUT2D eigenvalue weighted by Crippen LogP contribution is 2.17. The maximum Gasteiger partial charge on any atom is 0.306 e. The quantitative estimate of drug-likeness (QED) is 0.0259. The largest absolute Gasteiger partial charge is 0.544 e. The van der Waals surface area contributed by atoms with Gasteiger partial charge in [0.1, 0.15) is 12.6 Å². The van der Waals surface area contributed by atoms with Gasteiger partial charge in [-0.15, -0.1) is 0 Å². The van der Waals surface area contributed by atoms with Crippen molar-refractivity contribution in [2.75, 3.05) is 41.0 Å². The van der Waals surface area contributed by atoms with E-state index in [2.05, 4.69) is 50.3 Å². The molecule has 0 saturated heterocycles. The van der Waals surface area contributed by atoms with Gasteiger partial charge in [-0.25, -0.2) is 0 Å². The number of likely N-dealkylation sites (N-methyl/N-ethyl adjacent to an activating group) is 1. The Bertz CT molecular complexity index is 1170. The Morgan fingerprint density at radius 3 is 1.26 bits per heavy atom.